The number of nitrogens with one attached hydrogen (secondary N) is 1. The lowest BCUT2D eigenvalue weighted by molar-refractivity contribution is 0.189. The Kier molecular flexibility index (Phi) is 6.48. The second-order valence-electron chi connectivity index (χ2n) is 6.09. The second kappa shape index (κ2) is 8.38. The van der Waals surface area contributed by atoms with Gasteiger partial charge in [-0.2, -0.15) is 0 Å². The van der Waals surface area contributed by atoms with Crippen molar-refractivity contribution < 1.29 is 0 Å². The van der Waals surface area contributed by atoms with Crippen LogP contribution in [-0.2, 0) is 0 Å². The second-order valence-corrected chi connectivity index (χ2v) is 6.09. The van der Waals surface area contributed by atoms with E-state index in [1.54, 1.807) is 0 Å². The van der Waals surface area contributed by atoms with Gasteiger partial charge in [-0.05, 0) is 58.0 Å². The summed E-state index contributed by atoms with van der Waals surface area (Å²) in [6.45, 7) is 4.49. The summed E-state index contributed by atoms with van der Waals surface area (Å²) < 4.78 is 0. The summed E-state index contributed by atoms with van der Waals surface area (Å²) in [5.74, 6) is 0. The van der Waals surface area contributed by atoms with Crippen LogP contribution in [0.25, 0.3) is 0 Å². The fourth-order valence-corrected chi connectivity index (χ4v) is 3.10. The lowest BCUT2D eigenvalue weighted by atomic mass is 9.94. The van der Waals surface area contributed by atoms with E-state index >= 15 is 0 Å². The third kappa shape index (κ3) is 4.88. The summed E-state index contributed by atoms with van der Waals surface area (Å²) >= 11 is 0. The number of hydrogen-bond donors (Lipinski definition) is 1. The molecule has 0 radical (unpaired) electrons. The fraction of sp³-hybridized carbons (Fsp3) is 0.706. The summed E-state index contributed by atoms with van der Waals surface area (Å²) in [5, 5.41) is 3.59. The Hall–Kier alpha value is -0.930. The molecule has 0 bridgehead atoms. The Morgan fingerprint density at radius 1 is 1.35 bits per heavy atom. The van der Waals surface area contributed by atoms with Crippen molar-refractivity contribution >= 4 is 0 Å². The van der Waals surface area contributed by atoms with Crippen molar-refractivity contribution in [2.45, 2.75) is 57.5 Å². The topological polar surface area (TPSA) is 28.2 Å². The third-order valence-corrected chi connectivity index (χ3v) is 4.52. The molecule has 1 aliphatic rings. The molecule has 0 spiro atoms. The molecule has 1 aromatic heterocycles. The molecular formula is C17H29N3. The molecule has 0 amide bonds. The van der Waals surface area contributed by atoms with Crippen molar-refractivity contribution in [3.63, 3.8) is 0 Å². The molecule has 0 saturated heterocycles. The molecule has 1 heterocycles. The number of pyridine rings is 1. The molecule has 1 atom stereocenters. The fourth-order valence-electron chi connectivity index (χ4n) is 3.10. The molecule has 0 aliphatic heterocycles. The SMILES string of the molecule is CC(NCCCN(C)C1CCCCC1)c1cccnc1. The van der Waals surface area contributed by atoms with Crippen molar-refractivity contribution in [2.75, 3.05) is 20.1 Å². The average molecular weight is 275 g/mol. The maximum absolute atomic E-state index is 4.18. The minimum atomic E-state index is 0.392. The van der Waals surface area contributed by atoms with Gasteiger partial charge in [-0.15, -0.1) is 0 Å². The van der Waals surface area contributed by atoms with Gasteiger partial charge in [-0.25, -0.2) is 0 Å². The predicted octanol–water partition coefficient (Wildman–Crippen LogP) is 3.39. The molecule has 1 fully saturated rings. The molecule has 1 aliphatic carbocycles. The highest BCUT2D eigenvalue weighted by atomic mass is 15.1. The molecule has 3 heteroatoms. The van der Waals surface area contributed by atoms with E-state index in [4.69, 9.17) is 0 Å². The molecule has 0 aromatic carbocycles. The average Bonchev–Trinajstić information content (AvgIpc) is 2.53. The van der Waals surface area contributed by atoms with E-state index in [1.165, 1.54) is 50.6 Å². The van der Waals surface area contributed by atoms with Crippen molar-refractivity contribution in [3.05, 3.63) is 30.1 Å². The zero-order valence-corrected chi connectivity index (χ0v) is 13.0. The molecule has 1 unspecified atom stereocenters. The standard InChI is InChI=1S/C17H29N3/c1-15(16-8-6-11-18-14-16)19-12-7-13-20(2)17-9-4-3-5-10-17/h6,8,11,14-15,17,19H,3-5,7,9-10,12-13H2,1-2H3. The van der Waals surface area contributed by atoms with E-state index in [0.717, 1.165) is 12.6 Å². The normalized spacial score (nSPS) is 18.4. The van der Waals surface area contributed by atoms with Crippen molar-refractivity contribution in [2.24, 2.45) is 0 Å². The van der Waals surface area contributed by atoms with Gasteiger partial charge in [0, 0.05) is 24.5 Å². The van der Waals surface area contributed by atoms with Gasteiger partial charge in [-0.3, -0.25) is 4.98 Å². The van der Waals surface area contributed by atoms with Crippen LogP contribution in [0.3, 0.4) is 0 Å². The summed E-state index contributed by atoms with van der Waals surface area (Å²) in [6.07, 6.45) is 12.1. The van der Waals surface area contributed by atoms with Gasteiger partial charge < -0.3 is 10.2 Å². The highest BCUT2D eigenvalue weighted by Crippen LogP contribution is 2.21. The largest absolute Gasteiger partial charge is 0.310 e. The summed E-state index contributed by atoms with van der Waals surface area (Å²) in [6, 6.07) is 5.37. The van der Waals surface area contributed by atoms with Crippen LogP contribution in [0.5, 0.6) is 0 Å². The van der Waals surface area contributed by atoms with Crippen LogP contribution in [0, 0.1) is 0 Å². The van der Waals surface area contributed by atoms with Gasteiger partial charge in [0.2, 0.25) is 0 Å². The van der Waals surface area contributed by atoms with Crippen LogP contribution in [0.4, 0.5) is 0 Å². The Morgan fingerprint density at radius 2 is 2.15 bits per heavy atom. The Morgan fingerprint density at radius 3 is 2.85 bits per heavy atom. The number of nitrogens with zero attached hydrogens (tertiary/aromatic N) is 2. The van der Waals surface area contributed by atoms with Crippen LogP contribution in [0.15, 0.2) is 24.5 Å². The number of aromatic nitrogens is 1. The van der Waals surface area contributed by atoms with Gasteiger partial charge in [0.1, 0.15) is 0 Å². The first-order valence-corrected chi connectivity index (χ1v) is 8.11. The number of hydrogen-bond acceptors (Lipinski definition) is 3. The Bertz CT molecular complexity index is 360. The van der Waals surface area contributed by atoms with E-state index in [-0.39, 0.29) is 0 Å². The van der Waals surface area contributed by atoms with E-state index in [9.17, 15) is 0 Å². The van der Waals surface area contributed by atoms with Gasteiger partial charge in [0.15, 0.2) is 0 Å². The first kappa shape index (κ1) is 15.5. The van der Waals surface area contributed by atoms with Crippen molar-refractivity contribution in [1.82, 2.24) is 15.2 Å². The maximum atomic E-state index is 4.18. The van der Waals surface area contributed by atoms with Gasteiger partial charge in [0.25, 0.3) is 0 Å². The molecule has 20 heavy (non-hydrogen) atoms. The zero-order valence-electron chi connectivity index (χ0n) is 13.0. The van der Waals surface area contributed by atoms with Crippen LogP contribution in [0.2, 0.25) is 0 Å². The van der Waals surface area contributed by atoms with E-state index in [0.29, 0.717) is 6.04 Å². The quantitative estimate of drug-likeness (QED) is 0.773. The van der Waals surface area contributed by atoms with Crippen LogP contribution >= 0.6 is 0 Å². The third-order valence-electron chi connectivity index (χ3n) is 4.52. The minimum Gasteiger partial charge on any atom is -0.310 e. The summed E-state index contributed by atoms with van der Waals surface area (Å²) in [5.41, 5.74) is 1.27. The molecule has 112 valence electrons. The monoisotopic (exact) mass is 275 g/mol. The number of rotatable bonds is 7. The molecule has 2 rings (SSSR count). The summed E-state index contributed by atoms with van der Waals surface area (Å²) in [4.78, 5) is 6.74. The first-order valence-electron chi connectivity index (χ1n) is 8.11. The molecule has 1 N–H and O–H groups in total. The van der Waals surface area contributed by atoms with Gasteiger partial charge >= 0.3 is 0 Å². The highest BCUT2D eigenvalue weighted by molar-refractivity contribution is 5.12. The van der Waals surface area contributed by atoms with Crippen LogP contribution in [0.1, 0.15) is 57.1 Å². The smallest absolute Gasteiger partial charge is 0.0315 e. The predicted molar refractivity (Wildman–Crippen MR) is 84.8 cm³/mol. The van der Waals surface area contributed by atoms with E-state index in [1.807, 2.05) is 18.5 Å². The van der Waals surface area contributed by atoms with Gasteiger partial charge in [-0.1, -0.05) is 25.3 Å². The first-order chi connectivity index (χ1) is 9.77. The minimum absolute atomic E-state index is 0.392. The van der Waals surface area contributed by atoms with Gasteiger partial charge in [0.05, 0.1) is 0 Å². The molecule has 3 nitrogen and oxygen atoms in total. The zero-order chi connectivity index (χ0) is 14.2. The highest BCUT2D eigenvalue weighted by Gasteiger charge is 2.17. The van der Waals surface area contributed by atoms with Crippen molar-refractivity contribution in [3.8, 4) is 0 Å². The molecule has 1 aromatic rings. The van der Waals surface area contributed by atoms with E-state index in [2.05, 4.69) is 35.2 Å². The molecular weight excluding hydrogens is 246 g/mol. The van der Waals surface area contributed by atoms with Crippen molar-refractivity contribution in [1.29, 1.82) is 0 Å². The Balaban J connectivity index is 1.61. The summed E-state index contributed by atoms with van der Waals surface area (Å²) in [7, 11) is 2.29. The molecule has 1 saturated carbocycles. The Labute approximate surface area is 123 Å². The lowest BCUT2D eigenvalue weighted by Gasteiger charge is -2.31. The van der Waals surface area contributed by atoms with E-state index < -0.39 is 0 Å². The maximum Gasteiger partial charge on any atom is 0.0315 e. The van der Waals surface area contributed by atoms with Crippen LogP contribution < -0.4 is 5.32 Å². The van der Waals surface area contributed by atoms with Crippen LogP contribution in [-0.4, -0.2) is 36.1 Å². The lowest BCUT2D eigenvalue weighted by Crippen LogP contribution is -2.35.